The lowest BCUT2D eigenvalue weighted by Gasteiger charge is -1.90. The summed E-state index contributed by atoms with van der Waals surface area (Å²) in [5, 5.41) is 1.82. The molecule has 4 heteroatoms. The Morgan fingerprint density at radius 3 is 3.08 bits per heavy atom. The van der Waals surface area contributed by atoms with Crippen LogP contribution < -0.4 is 0 Å². The molecule has 0 saturated heterocycles. The van der Waals surface area contributed by atoms with Gasteiger partial charge in [-0.25, -0.2) is 4.98 Å². The van der Waals surface area contributed by atoms with Crippen LogP contribution in [0.15, 0.2) is 22.1 Å². The third-order valence-electron chi connectivity index (χ3n) is 1.54. The first kappa shape index (κ1) is 7.89. The normalized spacial score (nSPS) is 10.4. The van der Waals surface area contributed by atoms with Crippen molar-refractivity contribution >= 4 is 43.8 Å². The second kappa shape index (κ2) is 2.95. The first-order valence-corrected chi connectivity index (χ1v) is 4.97. The Balaban J connectivity index is 2.83. The number of aromatic nitrogens is 1. The van der Waals surface area contributed by atoms with E-state index in [4.69, 9.17) is 0 Å². The number of rotatable bonds is 1. The van der Waals surface area contributed by atoms with Gasteiger partial charge >= 0.3 is 0 Å². The molecule has 2 aromatic heterocycles. The molecule has 2 aromatic rings. The van der Waals surface area contributed by atoms with Gasteiger partial charge in [0.1, 0.15) is 4.60 Å². The predicted octanol–water partition coefficient (Wildman–Crippen LogP) is 2.87. The highest BCUT2D eigenvalue weighted by Crippen LogP contribution is 2.24. The van der Waals surface area contributed by atoms with Crippen molar-refractivity contribution in [2.75, 3.05) is 0 Å². The van der Waals surface area contributed by atoms with Gasteiger partial charge in [-0.2, -0.15) is 0 Å². The van der Waals surface area contributed by atoms with E-state index in [9.17, 15) is 4.79 Å². The van der Waals surface area contributed by atoms with Gasteiger partial charge in [-0.3, -0.25) is 4.79 Å². The summed E-state index contributed by atoms with van der Waals surface area (Å²) >= 11 is 4.79. The average Bonchev–Trinajstić information content (AvgIpc) is 2.46. The zero-order valence-electron chi connectivity index (χ0n) is 5.95. The van der Waals surface area contributed by atoms with Crippen LogP contribution in [0.3, 0.4) is 0 Å². The maximum Gasteiger partial charge on any atom is 0.153 e. The molecule has 0 bridgehead atoms. The van der Waals surface area contributed by atoms with Gasteiger partial charge in [0.05, 0.1) is 15.8 Å². The highest BCUT2D eigenvalue weighted by atomic mass is 79.9. The maximum atomic E-state index is 10.5. The van der Waals surface area contributed by atoms with Gasteiger partial charge in [0.15, 0.2) is 6.29 Å². The molecule has 2 nitrogen and oxygen atoms in total. The van der Waals surface area contributed by atoms with E-state index in [1.807, 2.05) is 17.5 Å². The summed E-state index contributed by atoms with van der Waals surface area (Å²) in [7, 11) is 0. The minimum atomic E-state index is 0.663. The zero-order chi connectivity index (χ0) is 8.55. The topological polar surface area (TPSA) is 30.0 Å². The van der Waals surface area contributed by atoms with Crippen LogP contribution >= 0.6 is 27.3 Å². The molecule has 0 N–H and O–H groups in total. The number of fused-ring (bicyclic) bond motifs is 1. The lowest BCUT2D eigenvalue weighted by Crippen LogP contribution is -1.79. The minimum absolute atomic E-state index is 0.663. The summed E-state index contributed by atoms with van der Waals surface area (Å²) in [5.74, 6) is 0. The molecule has 0 aliphatic carbocycles. The van der Waals surface area contributed by atoms with E-state index in [-0.39, 0.29) is 0 Å². The van der Waals surface area contributed by atoms with Gasteiger partial charge < -0.3 is 0 Å². The Kier molecular flexibility index (Phi) is 1.94. The second-order valence-electron chi connectivity index (χ2n) is 2.29. The smallest absolute Gasteiger partial charge is 0.153 e. The number of hydrogen-bond acceptors (Lipinski definition) is 3. The van der Waals surface area contributed by atoms with Crippen molar-refractivity contribution in [3.8, 4) is 0 Å². The molecule has 0 unspecified atom stereocenters. The zero-order valence-corrected chi connectivity index (χ0v) is 8.35. The first-order chi connectivity index (χ1) is 5.81. The molecule has 0 aromatic carbocycles. The van der Waals surface area contributed by atoms with Gasteiger partial charge in [0, 0.05) is 5.38 Å². The van der Waals surface area contributed by atoms with Crippen LogP contribution in [-0.2, 0) is 0 Å². The van der Waals surface area contributed by atoms with Crippen LogP contribution in [0.25, 0.3) is 10.2 Å². The van der Waals surface area contributed by atoms with Crippen molar-refractivity contribution in [3.05, 3.63) is 27.7 Å². The standard InChI is InChI=1S/C8H4BrNOS/c9-7-2-1-6-8(10-7)5(3-11)4-12-6/h1-4H. The molecule has 2 rings (SSSR count). The van der Waals surface area contributed by atoms with E-state index >= 15 is 0 Å². The molecule has 0 atom stereocenters. The monoisotopic (exact) mass is 241 g/mol. The predicted molar refractivity (Wildman–Crippen MR) is 52.7 cm³/mol. The van der Waals surface area contributed by atoms with E-state index in [0.29, 0.717) is 5.56 Å². The molecule has 12 heavy (non-hydrogen) atoms. The summed E-state index contributed by atoms with van der Waals surface area (Å²) in [6, 6.07) is 3.82. The van der Waals surface area contributed by atoms with Gasteiger partial charge in [-0.05, 0) is 28.1 Å². The fraction of sp³-hybridized carbons (Fsp3) is 0. The molecule has 0 spiro atoms. The summed E-state index contributed by atoms with van der Waals surface area (Å²) in [6.07, 6.45) is 0.832. The molecule has 0 amide bonds. The summed E-state index contributed by atoms with van der Waals surface area (Å²) in [6.45, 7) is 0. The van der Waals surface area contributed by atoms with Crippen LogP contribution in [0.2, 0.25) is 0 Å². The van der Waals surface area contributed by atoms with E-state index in [0.717, 1.165) is 21.1 Å². The quantitative estimate of drug-likeness (QED) is 0.568. The number of carbonyl (C=O) groups is 1. The van der Waals surface area contributed by atoms with Crippen LogP contribution in [0.1, 0.15) is 10.4 Å². The largest absolute Gasteiger partial charge is 0.298 e. The highest BCUT2D eigenvalue weighted by Gasteiger charge is 2.03. The molecule has 0 saturated carbocycles. The molecule has 0 aliphatic rings. The van der Waals surface area contributed by atoms with E-state index in [2.05, 4.69) is 20.9 Å². The van der Waals surface area contributed by atoms with Crippen LogP contribution in [0.5, 0.6) is 0 Å². The van der Waals surface area contributed by atoms with Crippen LogP contribution in [-0.4, -0.2) is 11.3 Å². The highest BCUT2D eigenvalue weighted by molar-refractivity contribution is 9.10. The number of thiophene rings is 1. The Morgan fingerprint density at radius 1 is 1.50 bits per heavy atom. The molecular weight excluding hydrogens is 238 g/mol. The maximum absolute atomic E-state index is 10.5. The number of aldehydes is 1. The lowest BCUT2D eigenvalue weighted by molar-refractivity contribution is 0.112. The third-order valence-corrected chi connectivity index (χ3v) is 2.93. The van der Waals surface area contributed by atoms with Crippen LogP contribution in [0.4, 0.5) is 0 Å². The number of nitrogens with zero attached hydrogens (tertiary/aromatic N) is 1. The van der Waals surface area contributed by atoms with Crippen molar-refractivity contribution in [2.24, 2.45) is 0 Å². The fourth-order valence-electron chi connectivity index (χ4n) is 0.991. The van der Waals surface area contributed by atoms with E-state index < -0.39 is 0 Å². The fourth-order valence-corrected chi connectivity index (χ4v) is 2.14. The number of hydrogen-bond donors (Lipinski definition) is 0. The molecular formula is C8H4BrNOS. The van der Waals surface area contributed by atoms with E-state index in [1.165, 1.54) is 11.3 Å². The minimum Gasteiger partial charge on any atom is -0.298 e. The average molecular weight is 242 g/mol. The van der Waals surface area contributed by atoms with E-state index in [1.54, 1.807) is 0 Å². The summed E-state index contributed by atoms with van der Waals surface area (Å²) < 4.78 is 1.80. The van der Waals surface area contributed by atoms with Gasteiger partial charge in [-0.1, -0.05) is 0 Å². The van der Waals surface area contributed by atoms with Gasteiger partial charge in [0.2, 0.25) is 0 Å². The molecule has 2 heterocycles. The lowest BCUT2D eigenvalue weighted by atomic mass is 10.3. The van der Waals surface area contributed by atoms with Crippen molar-refractivity contribution in [3.63, 3.8) is 0 Å². The SMILES string of the molecule is O=Cc1csc2ccc(Br)nc12. The van der Waals surface area contributed by atoms with Gasteiger partial charge in [-0.15, -0.1) is 11.3 Å². The van der Waals surface area contributed by atoms with Gasteiger partial charge in [0.25, 0.3) is 0 Å². The second-order valence-corrected chi connectivity index (χ2v) is 4.01. The van der Waals surface area contributed by atoms with Crippen LogP contribution in [0, 0.1) is 0 Å². The van der Waals surface area contributed by atoms with Crippen molar-refractivity contribution in [1.82, 2.24) is 4.98 Å². The number of carbonyl (C=O) groups excluding carboxylic acids is 1. The molecule has 0 fully saturated rings. The van der Waals surface area contributed by atoms with Crippen molar-refractivity contribution < 1.29 is 4.79 Å². The van der Waals surface area contributed by atoms with Crippen molar-refractivity contribution in [1.29, 1.82) is 0 Å². The molecule has 0 radical (unpaired) electrons. The summed E-state index contributed by atoms with van der Waals surface area (Å²) in [4.78, 5) is 14.7. The number of pyridine rings is 1. The van der Waals surface area contributed by atoms with Crippen molar-refractivity contribution in [2.45, 2.75) is 0 Å². The third kappa shape index (κ3) is 1.17. The Bertz CT molecular complexity index is 438. The molecule has 60 valence electrons. The Morgan fingerprint density at radius 2 is 2.33 bits per heavy atom. The Labute approximate surface area is 81.4 Å². The Hall–Kier alpha value is -0.740. The summed E-state index contributed by atoms with van der Waals surface area (Å²) in [5.41, 5.74) is 1.45. The first-order valence-electron chi connectivity index (χ1n) is 3.30. The molecule has 0 aliphatic heterocycles. The number of halogens is 1.